The quantitative estimate of drug-likeness (QED) is 0.398. The Bertz CT molecular complexity index is 1520. The molecule has 4 aromatic rings. The van der Waals surface area contributed by atoms with Gasteiger partial charge in [0.1, 0.15) is 5.52 Å². The van der Waals surface area contributed by atoms with Crippen molar-refractivity contribution >= 4 is 22.9 Å². The van der Waals surface area contributed by atoms with E-state index < -0.39 is 5.97 Å². The minimum Gasteiger partial charge on any atom is -0.481 e. The minimum atomic E-state index is -0.846. The lowest BCUT2D eigenvalue weighted by molar-refractivity contribution is -0.137. The van der Waals surface area contributed by atoms with Gasteiger partial charge in [-0.25, -0.2) is 4.68 Å². The molecule has 1 N–H and O–H groups in total. The molecule has 0 unspecified atom stereocenters. The third-order valence-corrected chi connectivity index (χ3v) is 8.20. The Morgan fingerprint density at radius 3 is 2.63 bits per heavy atom. The largest absolute Gasteiger partial charge is 0.481 e. The highest BCUT2D eigenvalue weighted by Crippen LogP contribution is 2.35. The number of carbonyl (C=O) groups excluding carboxylic acids is 1. The zero-order valence-corrected chi connectivity index (χ0v) is 21.7. The Balaban J connectivity index is 1.44. The summed E-state index contributed by atoms with van der Waals surface area (Å²) >= 11 is 0. The van der Waals surface area contributed by atoms with Gasteiger partial charge < -0.3 is 10.0 Å². The molecule has 0 fully saturated rings. The lowest BCUT2D eigenvalue weighted by Gasteiger charge is -2.30. The third-order valence-electron chi connectivity index (χ3n) is 8.20. The summed E-state index contributed by atoms with van der Waals surface area (Å²) in [6.07, 6.45) is 4.91. The fraction of sp³-hybridized carbons (Fsp3) is 0.355. The van der Waals surface area contributed by atoms with Crippen LogP contribution in [0.15, 0.2) is 54.6 Å². The van der Waals surface area contributed by atoms with Gasteiger partial charge >= 0.3 is 5.97 Å². The van der Waals surface area contributed by atoms with Gasteiger partial charge in [0.25, 0.3) is 5.91 Å². The maximum absolute atomic E-state index is 13.4. The van der Waals surface area contributed by atoms with Crippen molar-refractivity contribution in [2.24, 2.45) is 0 Å². The predicted molar refractivity (Wildman–Crippen MR) is 145 cm³/mol. The van der Waals surface area contributed by atoms with Crippen LogP contribution in [-0.4, -0.2) is 43.4 Å². The van der Waals surface area contributed by atoms with Gasteiger partial charge in [0.05, 0.1) is 11.9 Å². The summed E-state index contributed by atoms with van der Waals surface area (Å²) in [5.41, 5.74) is 8.98. The van der Waals surface area contributed by atoms with Gasteiger partial charge in [0.15, 0.2) is 0 Å². The monoisotopic (exact) mass is 508 g/mol. The van der Waals surface area contributed by atoms with Crippen LogP contribution in [0.5, 0.6) is 0 Å². The lowest BCUT2D eigenvalue weighted by atomic mass is 9.83. The summed E-state index contributed by atoms with van der Waals surface area (Å²) in [6.45, 7) is 4.01. The van der Waals surface area contributed by atoms with Crippen molar-refractivity contribution in [1.29, 1.82) is 0 Å². The van der Waals surface area contributed by atoms with Gasteiger partial charge in [-0.2, -0.15) is 0 Å². The van der Waals surface area contributed by atoms with Gasteiger partial charge in [-0.05, 0) is 84.2 Å². The average Bonchev–Trinajstić information content (AvgIpc) is 3.34. The van der Waals surface area contributed by atoms with E-state index in [0.717, 1.165) is 71.9 Å². The first-order valence-corrected chi connectivity index (χ1v) is 13.5. The standard InChI is InChI=1S/C31H32N4O3/c1-20-26-12-13-28-30(20)32-33-35(28)15-4-2-3-5-21-6-8-23(9-7-21)31(38)34-16-14-22-10-11-24(17-25(22)19-34)27(26)18-29(36)37/h6-13,17,27H,2-5,14-16,18-19H2,1H3,(H,36,37)/t27-/m1/s1. The van der Waals surface area contributed by atoms with Crippen molar-refractivity contribution in [2.75, 3.05) is 6.54 Å². The fourth-order valence-corrected chi connectivity index (χ4v) is 6.04. The van der Waals surface area contributed by atoms with E-state index in [1.54, 1.807) is 0 Å². The molecule has 194 valence electrons. The van der Waals surface area contributed by atoms with E-state index in [-0.39, 0.29) is 18.2 Å². The minimum absolute atomic E-state index is 0.0196. The second-order valence-electron chi connectivity index (χ2n) is 10.6. The molecule has 0 saturated heterocycles. The Labute approximate surface area is 222 Å². The first-order valence-electron chi connectivity index (χ1n) is 13.5. The SMILES string of the molecule is Cc1c2ccc3c1nnn3CCCCCc1ccc(cc1)C(=O)N1CCc3ccc(cc3C1)[C@H]2CC(=O)O. The van der Waals surface area contributed by atoms with Crippen LogP contribution in [0.4, 0.5) is 0 Å². The van der Waals surface area contributed by atoms with Gasteiger partial charge in [-0.1, -0.05) is 48.0 Å². The van der Waals surface area contributed by atoms with Crippen molar-refractivity contribution in [3.05, 3.63) is 93.5 Å². The van der Waals surface area contributed by atoms with Crippen molar-refractivity contribution in [3.63, 3.8) is 0 Å². The van der Waals surface area contributed by atoms with Crippen molar-refractivity contribution in [3.8, 4) is 0 Å². The molecule has 9 bridgehead atoms. The highest BCUT2D eigenvalue weighted by molar-refractivity contribution is 5.94. The fourth-order valence-electron chi connectivity index (χ4n) is 6.04. The van der Waals surface area contributed by atoms with E-state index in [1.165, 1.54) is 11.1 Å². The normalized spacial score (nSPS) is 17.9. The summed E-state index contributed by atoms with van der Waals surface area (Å²) in [4.78, 5) is 27.3. The van der Waals surface area contributed by atoms with E-state index in [0.29, 0.717) is 18.7 Å². The molecular weight excluding hydrogens is 476 g/mol. The van der Waals surface area contributed by atoms with E-state index >= 15 is 0 Å². The van der Waals surface area contributed by atoms with Crippen molar-refractivity contribution in [1.82, 2.24) is 19.9 Å². The van der Waals surface area contributed by atoms with Gasteiger partial charge in [0, 0.05) is 31.1 Å². The van der Waals surface area contributed by atoms with Crippen LogP contribution < -0.4 is 0 Å². The molecule has 5 aliphatic heterocycles. The Morgan fingerprint density at radius 1 is 0.974 bits per heavy atom. The number of carboxylic acids is 1. The molecule has 9 rings (SSSR count). The molecule has 5 aliphatic rings. The number of benzene rings is 3. The first-order chi connectivity index (χ1) is 18.5. The van der Waals surface area contributed by atoms with Crippen molar-refractivity contribution in [2.45, 2.75) is 64.5 Å². The molecule has 38 heavy (non-hydrogen) atoms. The molecule has 0 spiro atoms. The Morgan fingerprint density at radius 2 is 1.82 bits per heavy atom. The van der Waals surface area contributed by atoms with Crippen LogP contribution in [0.1, 0.15) is 75.3 Å². The summed E-state index contributed by atoms with van der Waals surface area (Å²) in [6, 6.07) is 18.4. The molecule has 7 nitrogen and oxygen atoms in total. The van der Waals surface area contributed by atoms with Crippen LogP contribution in [0.2, 0.25) is 0 Å². The van der Waals surface area contributed by atoms with Crippen LogP contribution in [-0.2, 0) is 30.7 Å². The molecule has 1 aromatic heterocycles. The Hall–Kier alpha value is -4.00. The molecular formula is C31H32N4O3. The molecule has 0 radical (unpaired) electrons. The molecule has 0 saturated carbocycles. The topological polar surface area (TPSA) is 88.3 Å². The Kier molecular flexibility index (Phi) is 6.44. The molecule has 3 aromatic carbocycles. The molecule has 0 aliphatic carbocycles. The number of hydrogen-bond donors (Lipinski definition) is 1. The van der Waals surface area contributed by atoms with Crippen LogP contribution in [0.3, 0.4) is 0 Å². The lowest BCUT2D eigenvalue weighted by Crippen LogP contribution is -2.36. The van der Waals surface area contributed by atoms with Crippen molar-refractivity contribution < 1.29 is 14.7 Å². The summed E-state index contributed by atoms with van der Waals surface area (Å²) in [5, 5.41) is 18.8. The van der Waals surface area contributed by atoms with Gasteiger partial charge in [0.2, 0.25) is 0 Å². The maximum atomic E-state index is 13.4. The number of carbonyl (C=O) groups is 2. The second-order valence-corrected chi connectivity index (χ2v) is 10.6. The number of aliphatic carboxylic acids is 1. The first kappa shape index (κ1) is 24.3. The maximum Gasteiger partial charge on any atom is 0.304 e. The van der Waals surface area contributed by atoms with E-state index in [4.69, 9.17) is 0 Å². The van der Waals surface area contributed by atoms with E-state index in [1.807, 2.05) is 40.8 Å². The zero-order chi connectivity index (χ0) is 26.2. The predicted octanol–water partition coefficient (Wildman–Crippen LogP) is 5.27. The number of carboxylic acid groups (broad SMARTS) is 1. The van der Waals surface area contributed by atoms with Gasteiger partial charge in [-0.15, -0.1) is 5.10 Å². The summed E-state index contributed by atoms with van der Waals surface area (Å²) in [7, 11) is 0. The zero-order valence-electron chi connectivity index (χ0n) is 21.7. The second kappa shape index (κ2) is 10.0. The third kappa shape index (κ3) is 4.57. The molecule has 1 amide bonds. The highest BCUT2D eigenvalue weighted by atomic mass is 16.4. The number of aromatic nitrogens is 3. The van der Waals surface area contributed by atoms with E-state index in [9.17, 15) is 14.7 Å². The summed E-state index contributed by atoms with van der Waals surface area (Å²) in [5.74, 6) is -1.12. The van der Waals surface area contributed by atoms with E-state index in [2.05, 4.69) is 40.6 Å². The smallest absolute Gasteiger partial charge is 0.304 e. The number of hydrogen-bond acceptors (Lipinski definition) is 4. The van der Waals surface area contributed by atoms with Gasteiger partial charge in [-0.3, -0.25) is 9.59 Å². The number of rotatable bonds is 2. The van der Waals surface area contributed by atoms with Crippen LogP contribution in [0.25, 0.3) is 11.0 Å². The number of aryl methyl sites for hydroxylation is 3. The highest BCUT2D eigenvalue weighted by Gasteiger charge is 2.26. The summed E-state index contributed by atoms with van der Waals surface area (Å²) < 4.78 is 1.97. The van der Waals surface area contributed by atoms with Crippen LogP contribution in [0, 0.1) is 6.92 Å². The van der Waals surface area contributed by atoms with Crippen LogP contribution >= 0.6 is 0 Å². The number of nitrogens with zero attached hydrogens (tertiary/aromatic N) is 4. The molecule has 7 heteroatoms. The number of amides is 1. The molecule has 6 heterocycles. The molecule has 1 atom stereocenters. The average molecular weight is 509 g/mol.